The standard InChI is InChI=1S/C35H36F8O4/c1-2-3-4-5-21-19-44-33(45-20-21)24-9-14-28(30(37)17-24)23-8-13-27(29(36)16-23)22-6-10-25(11-7-22)34(39,40)46-26-12-15-32(31(38)18-26)47-35(41,42)43/h8-9,12-18,21-22,25,33H,2-7,10-11,19-20H2,1H3. The summed E-state index contributed by atoms with van der Waals surface area (Å²) in [5.41, 5.74) is 1.38. The minimum Gasteiger partial charge on any atom is -0.432 e. The maximum atomic E-state index is 15.3. The molecule has 12 heteroatoms. The van der Waals surface area contributed by atoms with Crippen molar-refractivity contribution < 1.29 is 54.1 Å². The largest absolute Gasteiger partial charge is 0.573 e. The molecule has 1 saturated carbocycles. The summed E-state index contributed by atoms with van der Waals surface area (Å²) in [4.78, 5) is 0. The highest BCUT2D eigenvalue weighted by atomic mass is 19.4. The van der Waals surface area contributed by atoms with Crippen molar-refractivity contribution >= 4 is 0 Å². The monoisotopic (exact) mass is 672 g/mol. The maximum Gasteiger partial charge on any atom is 0.573 e. The average Bonchev–Trinajstić information content (AvgIpc) is 3.02. The molecule has 4 nitrogen and oxygen atoms in total. The molecule has 3 aromatic carbocycles. The molecule has 1 saturated heterocycles. The number of hydrogen-bond acceptors (Lipinski definition) is 4. The van der Waals surface area contributed by atoms with E-state index in [4.69, 9.17) is 9.47 Å². The van der Waals surface area contributed by atoms with E-state index in [9.17, 15) is 26.3 Å². The minimum atomic E-state index is -5.15. The topological polar surface area (TPSA) is 36.9 Å². The molecule has 47 heavy (non-hydrogen) atoms. The SMILES string of the molecule is CCCCCC1COC(c2ccc(-c3ccc(C4CCC(C(F)(F)Oc5ccc(OC(F)(F)F)c(F)c5)CC4)c(F)c3)c(F)c2)OC1. The van der Waals surface area contributed by atoms with Crippen LogP contribution in [0.15, 0.2) is 54.6 Å². The highest BCUT2D eigenvalue weighted by Crippen LogP contribution is 2.44. The lowest BCUT2D eigenvalue weighted by atomic mass is 9.77. The molecule has 0 bridgehead atoms. The molecular formula is C35H36F8O4. The smallest absolute Gasteiger partial charge is 0.432 e. The van der Waals surface area contributed by atoms with Crippen LogP contribution in [0.4, 0.5) is 35.1 Å². The molecule has 0 amide bonds. The fourth-order valence-electron chi connectivity index (χ4n) is 6.26. The van der Waals surface area contributed by atoms with Gasteiger partial charge in [-0.3, -0.25) is 0 Å². The Kier molecular flexibility index (Phi) is 11.0. The van der Waals surface area contributed by atoms with E-state index in [0.29, 0.717) is 48.0 Å². The van der Waals surface area contributed by atoms with Crippen LogP contribution < -0.4 is 9.47 Å². The Morgan fingerprint density at radius 3 is 2.09 bits per heavy atom. The van der Waals surface area contributed by atoms with E-state index < -0.39 is 53.6 Å². The molecule has 2 fully saturated rings. The van der Waals surface area contributed by atoms with Crippen molar-refractivity contribution in [1.29, 1.82) is 0 Å². The van der Waals surface area contributed by atoms with Gasteiger partial charge in [-0.15, -0.1) is 13.2 Å². The van der Waals surface area contributed by atoms with Crippen molar-refractivity contribution in [3.05, 3.63) is 83.2 Å². The number of ether oxygens (including phenoxy) is 4. The van der Waals surface area contributed by atoms with Gasteiger partial charge in [0.1, 0.15) is 17.4 Å². The fraction of sp³-hybridized carbons (Fsp3) is 0.486. The second-order valence-corrected chi connectivity index (χ2v) is 12.2. The Bertz CT molecular complexity index is 1500. The zero-order valence-electron chi connectivity index (χ0n) is 25.7. The van der Waals surface area contributed by atoms with Crippen LogP contribution in [0.3, 0.4) is 0 Å². The molecule has 0 radical (unpaired) electrons. The number of unbranched alkanes of at least 4 members (excludes halogenated alkanes) is 2. The Labute approximate surface area is 268 Å². The maximum absolute atomic E-state index is 15.3. The van der Waals surface area contributed by atoms with Gasteiger partial charge in [0.15, 0.2) is 17.9 Å². The summed E-state index contributed by atoms with van der Waals surface area (Å²) in [6.45, 7) is 3.22. The van der Waals surface area contributed by atoms with E-state index in [1.807, 2.05) is 0 Å². The first-order chi connectivity index (χ1) is 22.3. The zero-order chi connectivity index (χ0) is 33.8. The van der Waals surface area contributed by atoms with Crippen molar-refractivity contribution in [2.24, 2.45) is 11.8 Å². The predicted molar refractivity (Wildman–Crippen MR) is 157 cm³/mol. The minimum absolute atomic E-state index is 0.0442. The van der Waals surface area contributed by atoms with Crippen molar-refractivity contribution in [2.75, 3.05) is 13.2 Å². The zero-order valence-corrected chi connectivity index (χ0v) is 25.7. The molecular weight excluding hydrogens is 636 g/mol. The third-order valence-electron chi connectivity index (χ3n) is 8.78. The highest BCUT2D eigenvalue weighted by molar-refractivity contribution is 5.65. The van der Waals surface area contributed by atoms with Crippen LogP contribution in [0.5, 0.6) is 11.5 Å². The average molecular weight is 673 g/mol. The highest BCUT2D eigenvalue weighted by Gasteiger charge is 2.44. The second-order valence-electron chi connectivity index (χ2n) is 12.2. The van der Waals surface area contributed by atoms with Gasteiger partial charge in [-0.05, 0) is 73.4 Å². The first-order valence-corrected chi connectivity index (χ1v) is 15.8. The van der Waals surface area contributed by atoms with Crippen LogP contribution in [-0.2, 0) is 9.47 Å². The summed E-state index contributed by atoms with van der Waals surface area (Å²) in [5.74, 6) is -5.82. The van der Waals surface area contributed by atoms with Gasteiger partial charge in [0.25, 0.3) is 0 Å². The molecule has 0 atom stereocenters. The first kappa shape index (κ1) is 34.9. The number of hydrogen-bond donors (Lipinski definition) is 0. The number of halogens is 8. The Morgan fingerprint density at radius 2 is 1.47 bits per heavy atom. The van der Waals surface area contributed by atoms with E-state index in [-0.39, 0.29) is 37.2 Å². The summed E-state index contributed by atoms with van der Waals surface area (Å²) in [6, 6.07) is 10.6. The quantitative estimate of drug-likeness (QED) is 0.150. The molecule has 5 rings (SSSR count). The van der Waals surface area contributed by atoms with E-state index >= 15 is 8.78 Å². The van der Waals surface area contributed by atoms with Crippen LogP contribution in [0.25, 0.3) is 11.1 Å². The summed E-state index contributed by atoms with van der Waals surface area (Å²) >= 11 is 0. The summed E-state index contributed by atoms with van der Waals surface area (Å²) in [7, 11) is 0. The van der Waals surface area contributed by atoms with Crippen molar-refractivity contribution in [2.45, 2.75) is 83.0 Å². The second kappa shape index (κ2) is 14.8. The van der Waals surface area contributed by atoms with Gasteiger partial charge in [0.05, 0.1) is 19.1 Å². The summed E-state index contributed by atoms with van der Waals surface area (Å²) < 4.78 is 131. The molecule has 1 aliphatic heterocycles. The first-order valence-electron chi connectivity index (χ1n) is 15.8. The number of benzene rings is 3. The molecule has 1 heterocycles. The van der Waals surface area contributed by atoms with E-state index in [0.717, 1.165) is 31.7 Å². The van der Waals surface area contributed by atoms with Crippen LogP contribution in [0.2, 0.25) is 0 Å². The van der Waals surface area contributed by atoms with E-state index in [2.05, 4.69) is 16.4 Å². The van der Waals surface area contributed by atoms with Crippen LogP contribution >= 0.6 is 0 Å². The number of rotatable bonds is 11. The summed E-state index contributed by atoms with van der Waals surface area (Å²) in [5, 5.41) is 0. The van der Waals surface area contributed by atoms with Crippen molar-refractivity contribution in [3.63, 3.8) is 0 Å². The summed E-state index contributed by atoms with van der Waals surface area (Å²) in [6.07, 6.45) is -4.83. The predicted octanol–water partition coefficient (Wildman–Crippen LogP) is 10.9. The lowest BCUT2D eigenvalue weighted by molar-refractivity contribution is -0.275. The van der Waals surface area contributed by atoms with Gasteiger partial charge in [-0.25, -0.2) is 13.2 Å². The third kappa shape index (κ3) is 8.95. The Balaban J connectivity index is 1.16. The molecule has 2 aliphatic rings. The van der Waals surface area contributed by atoms with Gasteiger partial charge in [0.2, 0.25) is 0 Å². The lowest BCUT2D eigenvalue weighted by Gasteiger charge is -2.33. The molecule has 0 N–H and O–H groups in total. The molecule has 3 aromatic rings. The molecule has 0 aromatic heterocycles. The van der Waals surface area contributed by atoms with Crippen LogP contribution in [0.1, 0.15) is 81.6 Å². The molecule has 0 unspecified atom stereocenters. The van der Waals surface area contributed by atoms with E-state index in [1.165, 1.54) is 18.2 Å². The van der Waals surface area contributed by atoms with Gasteiger partial charge in [-0.2, -0.15) is 8.78 Å². The van der Waals surface area contributed by atoms with Gasteiger partial charge < -0.3 is 18.9 Å². The van der Waals surface area contributed by atoms with Crippen LogP contribution in [0, 0.1) is 29.3 Å². The third-order valence-corrected chi connectivity index (χ3v) is 8.78. The van der Waals surface area contributed by atoms with Crippen LogP contribution in [-0.4, -0.2) is 25.7 Å². The Hall–Kier alpha value is -3.38. The van der Waals surface area contributed by atoms with Crippen molar-refractivity contribution in [1.82, 2.24) is 0 Å². The van der Waals surface area contributed by atoms with Crippen molar-refractivity contribution in [3.8, 4) is 22.6 Å². The van der Waals surface area contributed by atoms with Gasteiger partial charge >= 0.3 is 12.5 Å². The molecule has 1 aliphatic carbocycles. The number of alkyl halides is 5. The van der Waals surface area contributed by atoms with Gasteiger partial charge in [-0.1, -0.05) is 50.5 Å². The molecule has 0 spiro atoms. The lowest BCUT2D eigenvalue weighted by Crippen LogP contribution is -2.37. The normalized spacial score (nSPS) is 22.2. The Morgan fingerprint density at radius 1 is 0.745 bits per heavy atom. The van der Waals surface area contributed by atoms with E-state index in [1.54, 1.807) is 18.2 Å². The molecule has 256 valence electrons. The van der Waals surface area contributed by atoms with Gasteiger partial charge in [0, 0.05) is 23.1 Å². The fourth-order valence-corrected chi connectivity index (χ4v) is 6.26.